The molecule has 1 aliphatic rings. The zero-order valence-electron chi connectivity index (χ0n) is 13.6. The standard InChI is InChI=1S/C15H15BF2N4O2/c1-14(2)15(3,4)24-16(23-14)9-5-11(17)13(12(18)6-9)22-21-10(7-19)8-20/h5-6,22H,1-4H3. The van der Waals surface area contributed by atoms with Crippen molar-refractivity contribution in [3.8, 4) is 12.1 Å². The van der Waals surface area contributed by atoms with Gasteiger partial charge in [0.2, 0.25) is 5.71 Å². The van der Waals surface area contributed by atoms with Crippen LogP contribution in [0.1, 0.15) is 27.7 Å². The Hall–Kier alpha value is -2.49. The molecule has 1 N–H and O–H groups in total. The van der Waals surface area contributed by atoms with E-state index in [-0.39, 0.29) is 5.46 Å². The number of hydrogen-bond acceptors (Lipinski definition) is 6. The Morgan fingerprint density at radius 3 is 1.96 bits per heavy atom. The van der Waals surface area contributed by atoms with Gasteiger partial charge in [-0.2, -0.15) is 15.6 Å². The van der Waals surface area contributed by atoms with Crippen LogP contribution in [0.25, 0.3) is 0 Å². The predicted octanol–water partition coefficient (Wildman–Crippen LogP) is 2.08. The van der Waals surface area contributed by atoms with Gasteiger partial charge in [0.15, 0.2) is 11.6 Å². The van der Waals surface area contributed by atoms with Crippen molar-refractivity contribution in [3.05, 3.63) is 23.8 Å². The maximum Gasteiger partial charge on any atom is 0.495 e. The third-order valence-corrected chi connectivity index (χ3v) is 4.08. The van der Waals surface area contributed by atoms with Crippen LogP contribution < -0.4 is 10.9 Å². The monoisotopic (exact) mass is 332 g/mol. The van der Waals surface area contributed by atoms with E-state index in [1.165, 1.54) is 12.1 Å². The van der Waals surface area contributed by atoms with Crippen molar-refractivity contribution in [3.63, 3.8) is 0 Å². The van der Waals surface area contributed by atoms with Crippen molar-refractivity contribution in [1.29, 1.82) is 10.5 Å². The van der Waals surface area contributed by atoms with Crippen LogP contribution in [0.3, 0.4) is 0 Å². The minimum absolute atomic E-state index is 0.180. The van der Waals surface area contributed by atoms with E-state index in [2.05, 4.69) is 5.10 Å². The Balaban J connectivity index is 2.30. The van der Waals surface area contributed by atoms with Gasteiger partial charge in [0.05, 0.1) is 11.2 Å². The third kappa shape index (κ3) is 3.23. The average molecular weight is 332 g/mol. The van der Waals surface area contributed by atoms with Crippen LogP contribution in [0.4, 0.5) is 14.5 Å². The van der Waals surface area contributed by atoms with Gasteiger partial charge in [0.1, 0.15) is 17.8 Å². The normalized spacial score (nSPS) is 17.8. The molecule has 124 valence electrons. The number of hydrazone groups is 1. The number of hydrogen-bond donors (Lipinski definition) is 1. The molecule has 1 aromatic rings. The molecule has 2 rings (SSSR count). The van der Waals surface area contributed by atoms with E-state index in [0.717, 1.165) is 12.1 Å². The van der Waals surface area contributed by atoms with Crippen LogP contribution in [-0.4, -0.2) is 24.0 Å². The van der Waals surface area contributed by atoms with Gasteiger partial charge in [-0.25, -0.2) is 8.78 Å². The van der Waals surface area contributed by atoms with E-state index in [1.54, 1.807) is 0 Å². The Morgan fingerprint density at radius 2 is 1.54 bits per heavy atom. The summed E-state index contributed by atoms with van der Waals surface area (Å²) in [7, 11) is -0.912. The molecule has 0 aliphatic carbocycles. The molecule has 0 aromatic heterocycles. The first kappa shape index (κ1) is 17.9. The summed E-state index contributed by atoms with van der Waals surface area (Å²) in [4.78, 5) is 0. The number of nitrogens with one attached hydrogen (secondary N) is 1. The molecular formula is C15H15BF2N4O2. The van der Waals surface area contributed by atoms with Crippen LogP contribution in [-0.2, 0) is 9.31 Å². The van der Waals surface area contributed by atoms with E-state index in [0.29, 0.717) is 0 Å². The highest BCUT2D eigenvalue weighted by molar-refractivity contribution is 6.62. The molecule has 1 aromatic carbocycles. The van der Waals surface area contributed by atoms with Gasteiger partial charge >= 0.3 is 7.12 Å². The molecule has 0 saturated carbocycles. The third-order valence-electron chi connectivity index (χ3n) is 4.08. The SMILES string of the molecule is CC1(C)OB(c2cc(F)c(NN=C(C#N)C#N)c(F)c2)OC1(C)C. The van der Waals surface area contributed by atoms with E-state index in [9.17, 15) is 8.78 Å². The maximum atomic E-state index is 14.2. The average Bonchev–Trinajstić information content (AvgIpc) is 2.70. The van der Waals surface area contributed by atoms with Crippen LogP contribution in [0.15, 0.2) is 17.2 Å². The second-order valence-corrected chi connectivity index (χ2v) is 6.24. The quantitative estimate of drug-likeness (QED) is 0.520. The van der Waals surface area contributed by atoms with Gasteiger partial charge in [0.25, 0.3) is 0 Å². The van der Waals surface area contributed by atoms with E-state index < -0.39 is 41.4 Å². The number of nitrogens with zero attached hydrogens (tertiary/aromatic N) is 3. The molecule has 6 nitrogen and oxygen atoms in total. The molecule has 9 heteroatoms. The van der Waals surface area contributed by atoms with Crippen molar-refractivity contribution in [2.24, 2.45) is 5.10 Å². The molecule has 0 spiro atoms. The van der Waals surface area contributed by atoms with E-state index in [1.807, 2.05) is 33.1 Å². The van der Waals surface area contributed by atoms with E-state index in [4.69, 9.17) is 19.8 Å². The molecule has 1 saturated heterocycles. The fraction of sp³-hybridized carbons (Fsp3) is 0.400. The lowest BCUT2D eigenvalue weighted by Crippen LogP contribution is -2.41. The fourth-order valence-electron chi connectivity index (χ4n) is 2.00. The van der Waals surface area contributed by atoms with Crippen molar-refractivity contribution in [2.45, 2.75) is 38.9 Å². The van der Waals surface area contributed by atoms with Crippen molar-refractivity contribution in [1.82, 2.24) is 0 Å². The number of anilines is 1. The molecule has 0 radical (unpaired) electrons. The second kappa shape index (κ2) is 6.19. The molecule has 0 bridgehead atoms. The number of nitriles is 2. The van der Waals surface area contributed by atoms with Gasteiger partial charge in [-0.1, -0.05) is 0 Å². The number of rotatable bonds is 3. The van der Waals surface area contributed by atoms with Gasteiger partial charge in [-0.15, -0.1) is 0 Å². The van der Waals surface area contributed by atoms with Gasteiger partial charge in [-0.3, -0.25) is 5.43 Å². The predicted molar refractivity (Wildman–Crippen MR) is 84.4 cm³/mol. The molecule has 24 heavy (non-hydrogen) atoms. The summed E-state index contributed by atoms with van der Waals surface area (Å²) in [6.07, 6.45) is 0. The number of benzene rings is 1. The first-order chi connectivity index (χ1) is 11.1. The zero-order valence-corrected chi connectivity index (χ0v) is 13.6. The van der Waals surface area contributed by atoms with Crippen LogP contribution in [0, 0.1) is 34.3 Å². The van der Waals surface area contributed by atoms with Crippen LogP contribution in [0.5, 0.6) is 0 Å². The number of halogens is 2. The second-order valence-electron chi connectivity index (χ2n) is 6.24. The molecule has 1 aliphatic heterocycles. The minimum Gasteiger partial charge on any atom is -0.399 e. The van der Waals surface area contributed by atoms with Gasteiger partial charge in [0, 0.05) is 0 Å². The summed E-state index contributed by atoms with van der Waals surface area (Å²) in [5, 5.41) is 20.5. The van der Waals surface area contributed by atoms with Gasteiger partial charge < -0.3 is 9.31 Å². The summed E-state index contributed by atoms with van der Waals surface area (Å²) >= 11 is 0. The summed E-state index contributed by atoms with van der Waals surface area (Å²) in [6.45, 7) is 7.32. The summed E-state index contributed by atoms with van der Waals surface area (Å²) in [6, 6.07) is 5.07. The molecular weight excluding hydrogens is 317 g/mol. The highest BCUT2D eigenvalue weighted by Gasteiger charge is 2.52. The molecule has 0 amide bonds. The Labute approximate surface area is 138 Å². The van der Waals surface area contributed by atoms with Crippen molar-refractivity contribution >= 4 is 24.0 Å². The zero-order chi connectivity index (χ0) is 18.1. The first-order valence-electron chi connectivity index (χ1n) is 7.10. The molecule has 1 heterocycles. The highest BCUT2D eigenvalue weighted by atomic mass is 19.1. The summed E-state index contributed by atoms with van der Waals surface area (Å²) < 4.78 is 39.8. The maximum absolute atomic E-state index is 14.2. The van der Waals surface area contributed by atoms with Crippen molar-refractivity contribution < 1.29 is 18.1 Å². The Morgan fingerprint density at radius 1 is 1.08 bits per heavy atom. The van der Waals surface area contributed by atoms with Crippen molar-refractivity contribution in [2.75, 3.05) is 5.43 Å². The highest BCUT2D eigenvalue weighted by Crippen LogP contribution is 2.36. The summed E-state index contributed by atoms with van der Waals surface area (Å²) in [5.41, 5.74) is -0.176. The van der Waals surface area contributed by atoms with Gasteiger partial charge in [-0.05, 0) is 45.3 Å². The Kier molecular flexibility index (Phi) is 4.61. The smallest absolute Gasteiger partial charge is 0.399 e. The lowest BCUT2D eigenvalue weighted by Gasteiger charge is -2.32. The molecule has 1 fully saturated rings. The lowest BCUT2D eigenvalue weighted by atomic mass is 9.79. The molecule has 0 atom stereocenters. The summed E-state index contributed by atoms with van der Waals surface area (Å²) in [5.74, 6) is -1.89. The topological polar surface area (TPSA) is 90.4 Å². The Bertz CT molecular complexity index is 726. The van der Waals surface area contributed by atoms with E-state index >= 15 is 0 Å². The largest absolute Gasteiger partial charge is 0.495 e. The van der Waals surface area contributed by atoms with Crippen LogP contribution in [0.2, 0.25) is 0 Å². The van der Waals surface area contributed by atoms with Crippen LogP contribution >= 0.6 is 0 Å². The minimum atomic E-state index is -0.946. The lowest BCUT2D eigenvalue weighted by molar-refractivity contribution is 0.00578. The fourth-order valence-corrected chi connectivity index (χ4v) is 2.00. The molecule has 0 unspecified atom stereocenters. The first-order valence-corrected chi connectivity index (χ1v) is 7.10.